The lowest BCUT2D eigenvalue weighted by atomic mass is 9.79. The summed E-state index contributed by atoms with van der Waals surface area (Å²) in [5.41, 5.74) is 19.9. The Bertz CT molecular complexity index is 3070. The molecular formula is C49H66N10O7S3. The zero-order chi connectivity index (χ0) is 48.9. The van der Waals surface area contributed by atoms with Crippen molar-refractivity contribution in [1.82, 2.24) is 39.3 Å². The third kappa shape index (κ3) is 13.3. The number of nitrogen functional groups attached to an aromatic ring is 2. The summed E-state index contributed by atoms with van der Waals surface area (Å²) in [6.45, 7) is 6.39. The van der Waals surface area contributed by atoms with Gasteiger partial charge in [0.15, 0.2) is 0 Å². The van der Waals surface area contributed by atoms with Gasteiger partial charge in [-0.05, 0) is 124 Å². The molecule has 2 aliphatic carbocycles. The number of anilines is 2. The minimum atomic E-state index is -3.45. The van der Waals surface area contributed by atoms with Crippen LogP contribution in [0, 0.1) is 11.8 Å². The summed E-state index contributed by atoms with van der Waals surface area (Å²) in [5, 5.41) is 4.86. The Kier molecular flexibility index (Phi) is 15.7. The summed E-state index contributed by atoms with van der Waals surface area (Å²) in [6, 6.07) is 16.4. The molecule has 2 aromatic carbocycles. The summed E-state index contributed by atoms with van der Waals surface area (Å²) < 4.78 is 78.0. The van der Waals surface area contributed by atoms with E-state index in [9.17, 15) is 25.3 Å². The van der Waals surface area contributed by atoms with Gasteiger partial charge in [0, 0.05) is 54.7 Å². The van der Waals surface area contributed by atoms with E-state index >= 15 is 0 Å². The molecule has 0 radical (unpaired) electrons. The van der Waals surface area contributed by atoms with Gasteiger partial charge in [-0.25, -0.2) is 36.8 Å². The zero-order valence-corrected chi connectivity index (χ0v) is 42.3. The number of aromatic nitrogens is 6. The van der Waals surface area contributed by atoms with Gasteiger partial charge in [0.05, 0.1) is 35.1 Å². The van der Waals surface area contributed by atoms with Crippen LogP contribution >= 0.6 is 0 Å². The molecule has 6 heterocycles. The summed E-state index contributed by atoms with van der Waals surface area (Å²) >= 11 is 0. The Labute approximate surface area is 406 Å². The van der Waals surface area contributed by atoms with Crippen LogP contribution in [0.15, 0.2) is 73.6 Å². The quantitative estimate of drug-likeness (QED) is 0.102. The third-order valence-electron chi connectivity index (χ3n) is 13.7. The van der Waals surface area contributed by atoms with Crippen LogP contribution < -0.4 is 16.8 Å². The molecule has 0 amide bonds. The predicted octanol–water partition coefficient (Wildman–Crippen LogP) is 5.88. The van der Waals surface area contributed by atoms with Crippen molar-refractivity contribution < 1.29 is 29.4 Å². The molecular weight excluding hydrogens is 937 g/mol. The Morgan fingerprint density at radius 2 is 1.10 bits per heavy atom. The molecule has 4 aromatic heterocycles. The smallest absolute Gasteiger partial charge is 0.264 e. The fourth-order valence-corrected chi connectivity index (χ4v) is 11.6. The number of benzene rings is 2. The van der Waals surface area contributed by atoms with Crippen molar-refractivity contribution in [2.45, 2.75) is 76.3 Å². The Balaban J connectivity index is 0.000000169. The van der Waals surface area contributed by atoms with Gasteiger partial charge < -0.3 is 30.8 Å². The third-order valence-corrected chi connectivity index (χ3v) is 16.1. The normalized spacial score (nSPS) is 20.7. The van der Waals surface area contributed by atoms with E-state index in [1.165, 1.54) is 77.2 Å². The first-order chi connectivity index (χ1) is 32.9. The molecule has 5 N–H and O–H groups in total. The standard InChI is InChI=1S/C24H31N5O2S.C21H26N4O5S2.C4H9N/c1-32(30,31)10-7-17-5-4-6-19(11-17)21-15-29(24-22(21)23(25)26-16-27-24)20-12-18(13-20)14-28-8-2-3-9-28;1-31(26,27)7-6-14-4-3-5-16(8-14)18-11-25(21-19(18)20(22)23-13-24-21)17-9-15(10-17)12-30-32(2,28)29;1-2-4-5-3-1/h4-6,11,15-16,18,20H,2-3,7-10,12-14H2,1H3,(H2,25,26,27);3-5,8,11,13,15,17H,6-7,9-10,12H2,1-2H3,(H2,22,23,24);5H,1-4H2. The van der Waals surface area contributed by atoms with Crippen molar-refractivity contribution in [3.63, 3.8) is 0 Å². The minimum absolute atomic E-state index is 0.0858. The van der Waals surface area contributed by atoms with E-state index < -0.39 is 29.8 Å². The lowest BCUT2D eigenvalue weighted by Gasteiger charge is -2.38. The second-order valence-electron chi connectivity index (χ2n) is 19.4. The van der Waals surface area contributed by atoms with Crippen molar-refractivity contribution in [3.05, 3.63) is 84.7 Å². The van der Waals surface area contributed by atoms with E-state index in [0.29, 0.717) is 30.5 Å². The maximum atomic E-state index is 11.6. The molecule has 2 saturated carbocycles. The second kappa shape index (κ2) is 21.6. The molecule has 2 saturated heterocycles. The van der Waals surface area contributed by atoms with Crippen LogP contribution in [0.1, 0.15) is 74.6 Å². The SMILES string of the molecule is C1CCNC1.CS(=O)(=O)CCc1cccc(-c2cn(C3CC(CN4CCCC4)C3)c3ncnc(N)c23)c1.CS(=O)(=O)CCc1cccc(-c2cn(C3CC(COS(C)(=O)=O)C3)c3ncnc(N)c23)c1. The van der Waals surface area contributed by atoms with Gasteiger partial charge in [-0.2, -0.15) is 8.42 Å². The molecule has 20 heteroatoms. The second-order valence-corrected chi connectivity index (χ2v) is 25.6. The van der Waals surface area contributed by atoms with Gasteiger partial charge in [0.1, 0.15) is 55.3 Å². The summed E-state index contributed by atoms with van der Waals surface area (Å²) in [7, 11) is -9.51. The number of likely N-dealkylation sites (tertiary alicyclic amines) is 1. The summed E-state index contributed by atoms with van der Waals surface area (Å²) in [6.07, 6.45) is 21.0. The average Bonchev–Trinajstić information content (AvgIpc) is 4.12. The van der Waals surface area contributed by atoms with Gasteiger partial charge in [-0.3, -0.25) is 4.18 Å². The first-order valence-corrected chi connectivity index (χ1v) is 29.8. The zero-order valence-electron chi connectivity index (χ0n) is 39.8. The maximum Gasteiger partial charge on any atom is 0.264 e. The van der Waals surface area contributed by atoms with E-state index in [0.717, 1.165) is 93.3 Å². The Hall–Kier alpha value is -4.99. The number of hydrogen-bond acceptors (Lipinski definition) is 15. The molecule has 10 rings (SSSR count). The number of rotatable bonds is 15. The van der Waals surface area contributed by atoms with E-state index in [1.54, 1.807) is 6.33 Å². The summed E-state index contributed by atoms with van der Waals surface area (Å²) in [4.78, 5) is 20.1. The number of fused-ring (bicyclic) bond motifs is 2. The number of sulfone groups is 2. The molecule has 0 bridgehead atoms. The molecule has 17 nitrogen and oxygen atoms in total. The number of hydrogen-bond donors (Lipinski definition) is 3. The molecule has 0 unspecified atom stereocenters. The van der Waals surface area contributed by atoms with E-state index in [4.69, 9.17) is 15.7 Å². The van der Waals surface area contributed by atoms with Gasteiger partial charge in [-0.15, -0.1) is 0 Å². The van der Waals surface area contributed by atoms with Crippen LogP contribution in [-0.2, 0) is 46.8 Å². The van der Waals surface area contributed by atoms with Crippen molar-refractivity contribution in [1.29, 1.82) is 0 Å². The Morgan fingerprint density at radius 1 is 0.638 bits per heavy atom. The van der Waals surface area contributed by atoms with Crippen molar-refractivity contribution in [3.8, 4) is 22.3 Å². The van der Waals surface area contributed by atoms with Gasteiger partial charge >= 0.3 is 0 Å². The van der Waals surface area contributed by atoms with E-state index in [-0.39, 0.29) is 30.1 Å². The van der Waals surface area contributed by atoms with Crippen LogP contribution in [-0.4, -0.2) is 129 Å². The predicted molar refractivity (Wildman–Crippen MR) is 274 cm³/mol. The fraction of sp³-hybridized carbons (Fsp3) is 0.510. The highest BCUT2D eigenvalue weighted by Gasteiger charge is 2.35. The van der Waals surface area contributed by atoms with Crippen LogP contribution in [0.5, 0.6) is 0 Å². The highest BCUT2D eigenvalue weighted by molar-refractivity contribution is 7.90. The van der Waals surface area contributed by atoms with Crippen molar-refractivity contribution in [2.75, 3.05) is 81.1 Å². The van der Waals surface area contributed by atoms with Crippen molar-refractivity contribution in [2.24, 2.45) is 11.8 Å². The van der Waals surface area contributed by atoms with Crippen LogP contribution in [0.25, 0.3) is 44.3 Å². The monoisotopic (exact) mass is 1000 g/mol. The number of aryl methyl sites for hydroxylation is 2. The molecule has 372 valence electrons. The van der Waals surface area contributed by atoms with Crippen molar-refractivity contribution >= 4 is 63.5 Å². The van der Waals surface area contributed by atoms with Gasteiger partial charge in [-0.1, -0.05) is 48.5 Å². The van der Waals surface area contributed by atoms with Gasteiger partial charge in [0.25, 0.3) is 10.1 Å². The number of nitrogens with one attached hydrogen (secondary N) is 1. The first-order valence-electron chi connectivity index (χ1n) is 23.9. The highest BCUT2D eigenvalue weighted by Crippen LogP contribution is 2.45. The molecule has 4 fully saturated rings. The fourth-order valence-electron chi connectivity index (χ4n) is 9.92. The molecule has 0 atom stereocenters. The number of nitrogens with zero attached hydrogens (tertiary/aromatic N) is 7. The molecule has 69 heavy (non-hydrogen) atoms. The minimum Gasteiger partial charge on any atom is -0.383 e. The topological polar surface area (TPSA) is 240 Å². The lowest BCUT2D eigenvalue weighted by Crippen LogP contribution is -2.35. The first kappa shape index (κ1) is 50.4. The van der Waals surface area contributed by atoms with Crippen LogP contribution in [0.3, 0.4) is 0 Å². The molecule has 2 aliphatic heterocycles. The van der Waals surface area contributed by atoms with Crippen LogP contribution in [0.4, 0.5) is 11.6 Å². The van der Waals surface area contributed by atoms with E-state index in [1.807, 2.05) is 48.7 Å². The van der Waals surface area contributed by atoms with Crippen LogP contribution in [0.2, 0.25) is 0 Å². The molecule has 6 aromatic rings. The lowest BCUT2D eigenvalue weighted by molar-refractivity contribution is 0.131. The molecule has 4 aliphatic rings. The maximum absolute atomic E-state index is 11.6. The average molecular weight is 1000 g/mol. The Morgan fingerprint density at radius 3 is 1.52 bits per heavy atom. The van der Waals surface area contributed by atoms with E-state index in [2.05, 4.69) is 51.6 Å². The summed E-state index contributed by atoms with van der Waals surface area (Å²) in [5.74, 6) is 2.00. The largest absolute Gasteiger partial charge is 0.383 e. The number of nitrogens with two attached hydrogens (primary N) is 2. The van der Waals surface area contributed by atoms with Gasteiger partial charge in [0.2, 0.25) is 0 Å². The highest BCUT2D eigenvalue weighted by atomic mass is 32.2. The molecule has 0 spiro atoms.